The van der Waals surface area contributed by atoms with Gasteiger partial charge in [-0.25, -0.2) is 4.68 Å². The number of H-pyrrole nitrogens is 1. The number of tetrazole rings is 1. The van der Waals surface area contributed by atoms with Gasteiger partial charge in [-0.3, -0.25) is 14.6 Å². The molecule has 1 aromatic carbocycles. The first-order valence-electron chi connectivity index (χ1n) is 13.6. The quantitative estimate of drug-likeness (QED) is 0.292. The number of benzene rings is 1. The van der Waals surface area contributed by atoms with Gasteiger partial charge in [0.15, 0.2) is 5.82 Å². The molecule has 39 heavy (non-hydrogen) atoms. The Bertz CT molecular complexity index is 1390. The van der Waals surface area contributed by atoms with Crippen molar-refractivity contribution in [3.05, 3.63) is 70.2 Å². The molecule has 1 atom stereocenters. The average Bonchev–Trinajstić information content (AvgIpc) is 3.61. The zero-order valence-corrected chi connectivity index (χ0v) is 22.9. The van der Waals surface area contributed by atoms with Crippen LogP contribution < -0.4 is 10.3 Å². The molecule has 1 fully saturated rings. The molecule has 3 aromatic heterocycles. The molecule has 5 rings (SSSR count). The minimum Gasteiger partial charge on any atom is -0.494 e. The summed E-state index contributed by atoms with van der Waals surface area (Å²) in [5.41, 5.74) is 1.38. The van der Waals surface area contributed by atoms with Crippen LogP contribution in [0.4, 0.5) is 0 Å². The third-order valence-electron chi connectivity index (χ3n) is 7.12. The molecule has 11 heteroatoms. The molecule has 0 aliphatic carbocycles. The lowest BCUT2D eigenvalue weighted by Gasteiger charge is -2.36. The Morgan fingerprint density at radius 1 is 1.18 bits per heavy atom. The Labute approximate surface area is 227 Å². The van der Waals surface area contributed by atoms with Gasteiger partial charge in [0, 0.05) is 49.2 Å². The minimum atomic E-state index is -0.124. The third-order valence-corrected chi connectivity index (χ3v) is 7.12. The van der Waals surface area contributed by atoms with Crippen molar-refractivity contribution in [2.24, 2.45) is 5.92 Å². The van der Waals surface area contributed by atoms with Crippen molar-refractivity contribution in [3.63, 3.8) is 0 Å². The molecule has 1 unspecified atom stereocenters. The number of morpholine rings is 1. The number of rotatable bonds is 12. The molecule has 208 valence electrons. The zero-order valence-electron chi connectivity index (χ0n) is 22.9. The van der Waals surface area contributed by atoms with Crippen LogP contribution in [-0.2, 0) is 17.8 Å². The summed E-state index contributed by atoms with van der Waals surface area (Å²) >= 11 is 0. The Morgan fingerprint density at radius 3 is 2.77 bits per heavy atom. The van der Waals surface area contributed by atoms with Crippen molar-refractivity contribution < 1.29 is 13.9 Å². The first-order valence-corrected chi connectivity index (χ1v) is 13.6. The van der Waals surface area contributed by atoms with Gasteiger partial charge < -0.3 is 18.9 Å². The second-order valence-corrected chi connectivity index (χ2v) is 10.2. The molecule has 1 saturated heterocycles. The van der Waals surface area contributed by atoms with Crippen LogP contribution in [0.1, 0.15) is 44.0 Å². The van der Waals surface area contributed by atoms with E-state index in [1.165, 1.54) is 0 Å². The number of nitrogens with one attached hydrogen (secondary N) is 1. The van der Waals surface area contributed by atoms with Crippen molar-refractivity contribution >= 4 is 10.9 Å². The van der Waals surface area contributed by atoms with Gasteiger partial charge in [-0.15, -0.1) is 5.10 Å². The first-order chi connectivity index (χ1) is 19.0. The van der Waals surface area contributed by atoms with E-state index < -0.39 is 0 Å². The van der Waals surface area contributed by atoms with Crippen LogP contribution in [-0.4, -0.2) is 81.0 Å². The van der Waals surface area contributed by atoms with Crippen molar-refractivity contribution in [2.75, 3.05) is 46.0 Å². The lowest BCUT2D eigenvalue weighted by atomic mass is 10.00. The largest absolute Gasteiger partial charge is 0.494 e. The highest BCUT2D eigenvalue weighted by atomic mass is 16.5. The van der Waals surface area contributed by atoms with E-state index in [2.05, 4.69) is 44.2 Å². The molecule has 1 aliphatic rings. The fourth-order valence-electron chi connectivity index (χ4n) is 5.20. The van der Waals surface area contributed by atoms with Crippen LogP contribution in [0.5, 0.6) is 5.75 Å². The molecular formula is C28H37N7O4. The van der Waals surface area contributed by atoms with Gasteiger partial charge in [0.05, 0.1) is 32.1 Å². The third kappa shape index (κ3) is 6.55. The monoisotopic (exact) mass is 535 g/mol. The number of aromatic nitrogens is 5. The van der Waals surface area contributed by atoms with E-state index in [0.717, 1.165) is 67.6 Å². The van der Waals surface area contributed by atoms with Gasteiger partial charge in [-0.1, -0.05) is 13.8 Å². The van der Waals surface area contributed by atoms with Gasteiger partial charge in [-0.05, 0) is 59.7 Å². The van der Waals surface area contributed by atoms with E-state index in [1.807, 2.05) is 43.3 Å². The van der Waals surface area contributed by atoms with Gasteiger partial charge >= 0.3 is 0 Å². The second kappa shape index (κ2) is 12.5. The second-order valence-electron chi connectivity index (χ2n) is 10.2. The topological polar surface area (TPSA) is 115 Å². The van der Waals surface area contributed by atoms with Crippen molar-refractivity contribution in [3.8, 4) is 5.75 Å². The number of ether oxygens (including phenoxy) is 2. The van der Waals surface area contributed by atoms with Gasteiger partial charge in [-0.2, -0.15) is 0 Å². The number of pyridine rings is 1. The van der Waals surface area contributed by atoms with E-state index in [-0.39, 0.29) is 17.5 Å². The molecule has 0 spiro atoms. The van der Waals surface area contributed by atoms with Crippen molar-refractivity contribution in [1.29, 1.82) is 0 Å². The molecule has 1 N–H and O–H groups in total. The number of fused-ring (bicyclic) bond motifs is 1. The predicted octanol–water partition coefficient (Wildman–Crippen LogP) is 3.09. The maximum Gasteiger partial charge on any atom is 0.252 e. The van der Waals surface area contributed by atoms with Crippen molar-refractivity contribution in [1.82, 2.24) is 35.0 Å². The highest BCUT2D eigenvalue weighted by Crippen LogP contribution is 2.29. The summed E-state index contributed by atoms with van der Waals surface area (Å²) in [4.78, 5) is 21.0. The maximum atomic E-state index is 13.2. The van der Waals surface area contributed by atoms with Gasteiger partial charge in [0.2, 0.25) is 0 Å². The fraction of sp³-hybridized carbons (Fsp3) is 0.500. The Morgan fingerprint density at radius 2 is 2.03 bits per heavy atom. The summed E-state index contributed by atoms with van der Waals surface area (Å²) in [6.07, 6.45) is 1.65. The van der Waals surface area contributed by atoms with Crippen LogP contribution in [0.3, 0.4) is 0 Å². The molecule has 1 aliphatic heterocycles. The Hall–Kier alpha value is -3.54. The average molecular weight is 536 g/mol. The highest BCUT2D eigenvalue weighted by Gasteiger charge is 2.30. The number of nitrogens with zero attached hydrogens (tertiary/aromatic N) is 6. The Kier molecular flexibility index (Phi) is 8.70. The van der Waals surface area contributed by atoms with Gasteiger partial charge in [0.25, 0.3) is 5.56 Å². The zero-order chi connectivity index (χ0) is 27.2. The fourth-order valence-corrected chi connectivity index (χ4v) is 5.20. The molecular weight excluding hydrogens is 498 g/mol. The minimum absolute atomic E-state index is 0.0966. The molecule has 11 nitrogen and oxygen atoms in total. The molecule has 4 heterocycles. The smallest absolute Gasteiger partial charge is 0.252 e. The number of hydrogen-bond acceptors (Lipinski definition) is 9. The lowest BCUT2D eigenvalue weighted by molar-refractivity contribution is 0.0268. The molecule has 0 radical (unpaired) electrons. The van der Waals surface area contributed by atoms with Crippen LogP contribution in [0.25, 0.3) is 10.9 Å². The van der Waals surface area contributed by atoms with E-state index in [0.29, 0.717) is 25.3 Å². The van der Waals surface area contributed by atoms with Crippen LogP contribution in [0, 0.1) is 5.92 Å². The first kappa shape index (κ1) is 27.0. The van der Waals surface area contributed by atoms with Gasteiger partial charge in [0.1, 0.15) is 18.1 Å². The van der Waals surface area contributed by atoms with E-state index in [4.69, 9.17) is 13.9 Å². The standard InChI is InChI=1S/C28H37N7O4/c1-4-38-23-7-8-25-21(17-23)16-22(28(36)29-25)18-34(10-9-33-11-14-37-15-12-33)26(20(2)3)27-30-31-32-35(27)19-24-6-5-13-39-24/h5-8,13,16-17,20,26H,4,9-12,14-15,18-19H2,1-3H3,(H,29,36). The van der Waals surface area contributed by atoms with Crippen LogP contribution in [0.15, 0.2) is 51.9 Å². The summed E-state index contributed by atoms with van der Waals surface area (Å²) in [6.45, 7) is 12.6. The summed E-state index contributed by atoms with van der Waals surface area (Å²) in [7, 11) is 0. The maximum absolute atomic E-state index is 13.2. The van der Waals surface area contributed by atoms with E-state index >= 15 is 0 Å². The predicted molar refractivity (Wildman–Crippen MR) is 147 cm³/mol. The van der Waals surface area contributed by atoms with Crippen LogP contribution >= 0.6 is 0 Å². The SMILES string of the molecule is CCOc1ccc2[nH]c(=O)c(CN(CCN3CCOCC3)C(c3nnnn3Cc3ccco3)C(C)C)cc2c1. The molecule has 4 aromatic rings. The van der Waals surface area contributed by atoms with E-state index in [1.54, 1.807) is 10.9 Å². The number of hydrogen-bond donors (Lipinski definition) is 1. The molecule has 0 saturated carbocycles. The summed E-state index contributed by atoms with van der Waals surface area (Å²) in [6, 6.07) is 11.4. The summed E-state index contributed by atoms with van der Waals surface area (Å²) in [5, 5.41) is 13.7. The Balaban J connectivity index is 1.48. The number of aromatic amines is 1. The molecule has 0 bridgehead atoms. The van der Waals surface area contributed by atoms with Crippen molar-refractivity contribution in [2.45, 2.75) is 39.9 Å². The normalized spacial score (nSPS) is 15.4. The summed E-state index contributed by atoms with van der Waals surface area (Å²) < 4.78 is 18.6. The summed E-state index contributed by atoms with van der Waals surface area (Å²) in [5.74, 6) is 2.49. The molecule has 0 amide bonds. The van der Waals surface area contributed by atoms with Crippen LogP contribution in [0.2, 0.25) is 0 Å². The highest BCUT2D eigenvalue weighted by molar-refractivity contribution is 5.80. The lowest BCUT2D eigenvalue weighted by Crippen LogP contribution is -2.44. The van der Waals surface area contributed by atoms with E-state index in [9.17, 15) is 4.79 Å². The number of furan rings is 1.